The first-order valence-electron chi connectivity index (χ1n) is 7.82. The lowest BCUT2D eigenvalue weighted by Crippen LogP contribution is -2.50. The van der Waals surface area contributed by atoms with E-state index < -0.39 is 5.82 Å². The van der Waals surface area contributed by atoms with Crippen LogP contribution in [0.2, 0.25) is 5.02 Å². The van der Waals surface area contributed by atoms with Crippen molar-refractivity contribution in [3.8, 4) is 5.75 Å². The number of piperazine rings is 1. The van der Waals surface area contributed by atoms with Crippen molar-refractivity contribution in [2.45, 2.75) is 0 Å². The molecule has 0 atom stereocenters. The van der Waals surface area contributed by atoms with Gasteiger partial charge in [0.2, 0.25) is 0 Å². The first-order valence-corrected chi connectivity index (χ1v) is 8.19. The lowest BCUT2D eigenvalue weighted by Gasteiger charge is -2.36. The van der Waals surface area contributed by atoms with Gasteiger partial charge < -0.3 is 19.9 Å². The van der Waals surface area contributed by atoms with Gasteiger partial charge in [-0.15, -0.1) is 0 Å². The molecule has 0 spiro atoms. The summed E-state index contributed by atoms with van der Waals surface area (Å²) in [5.41, 5.74) is 1.27. The highest BCUT2D eigenvalue weighted by atomic mass is 35.5. The van der Waals surface area contributed by atoms with Gasteiger partial charge in [0, 0.05) is 56.4 Å². The van der Waals surface area contributed by atoms with E-state index in [1.165, 1.54) is 19.2 Å². The maximum absolute atomic E-state index is 13.5. The van der Waals surface area contributed by atoms with E-state index in [1.807, 2.05) is 6.07 Å². The van der Waals surface area contributed by atoms with Crippen molar-refractivity contribution in [2.24, 2.45) is 0 Å². The molecule has 1 aromatic carbocycles. The van der Waals surface area contributed by atoms with E-state index >= 15 is 0 Å². The number of ether oxygens (including phenoxy) is 1. The van der Waals surface area contributed by atoms with Gasteiger partial charge in [0.25, 0.3) is 0 Å². The fraction of sp³-hybridized carbons (Fsp3) is 0.294. The molecular weight excluding hydrogens is 347 g/mol. The predicted molar refractivity (Wildman–Crippen MR) is 95.0 cm³/mol. The number of rotatable bonds is 3. The number of carbonyl (C=O) groups is 1. The average Bonchev–Trinajstić information content (AvgIpc) is 2.61. The van der Waals surface area contributed by atoms with Crippen molar-refractivity contribution in [2.75, 3.05) is 43.5 Å². The fourth-order valence-corrected chi connectivity index (χ4v) is 2.97. The lowest BCUT2D eigenvalue weighted by atomic mass is 10.2. The minimum Gasteiger partial charge on any atom is -0.497 e. The topological polar surface area (TPSA) is 57.7 Å². The maximum Gasteiger partial charge on any atom is 0.321 e. The second kappa shape index (κ2) is 7.57. The molecule has 1 fully saturated rings. The number of hydrogen-bond donors (Lipinski definition) is 1. The SMILES string of the molecule is COc1cc(F)cc(NC(=O)N2CCN(c3ccncc3Cl)CC2)c1. The van der Waals surface area contributed by atoms with Gasteiger partial charge in [0.15, 0.2) is 0 Å². The van der Waals surface area contributed by atoms with Gasteiger partial charge in [0.05, 0.1) is 17.8 Å². The van der Waals surface area contributed by atoms with Crippen LogP contribution in [0.15, 0.2) is 36.7 Å². The number of pyridine rings is 1. The number of benzene rings is 1. The van der Waals surface area contributed by atoms with Crippen LogP contribution in [-0.2, 0) is 0 Å². The molecule has 2 amide bonds. The number of methoxy groups -OCH3 is 1. The summed E-state index contributed by atoms with van der Waals surface area (Å²) >= 11 is 6.16. The normalized spacial score (nSPS) is 14.4. The zero-order valence-corrected chi connectivity index (χ0v) is 14.5. The molecule has 0 saturated carbocycles. The third-order valence-electron chi connectivity index (χ3n) is 4.02. The molecular formula is C17H18ClFN4O2. The fourth-order valence-electron chi connectivity index (χ4n) is 2.73. The molecule has 0 unspecified atom stereocenters. The molecule has 1 aliphatic rings. The number of aromatic nitrogens is 1. The number of urea groups is 1. The Balaban J connectivity index is 1.60. The summed E-state index contributed by atoms with van der Waals surface area (Å²) in [7, 11) is 1.45. The van der Waals surface area contributed by atoms with E-state index in [4.69, 9.17) is 16.3 Å². The molecule has 132 valence electrons. The molecule has 1 aromatic heterocycles. The first-order chi connectivity index (χ1) is 12.1. The van der Waals surface area contributed by atoms with E-state index in [0.717, 1.165) is 5.69 Å². The highest BCUT2D eigenvalue weighted by Gasteiger charge is 2.22. The Morgan fingerprint density at radius 1 is 1.28 bits per heavy atom. The Bertz CT molecular complexity index is 766. The smallest absolute Gasteiger partial charge is 0.321 e. The van der Waals surface area contributed by atoms with Gasteiger partial charge in [-0.25, -0.2) is 9.18 Å². The number of amides is 2. The van der Waals surface area contributed by atoms with Crippen molar-refractivity contribution in [3.63, 3.8) is 0 Å². The zero-order valence-electron chi connectivity index (χ0n) is 13.7. The predicted octanol–water partition coefficient (Wildman–Crippen LogP) is 3.24. The summed E-state index contributed by atoms with van der Waals surface area (Å²) < 4.78 is 18.5. The van der Waals surface area contributed by atoms with E-state index in [0.29, 0.717) is 42.6 Å². The summed E-state index contributed by atoms with van der Waals surface area (Å²) in [6, 6.07) is 5.68. The van der Waals surface area contributed by atoms with Crippen LogP contribution in [0.3, 0.4) is 0 Å². The molecule has 2 heterocycles. The lowest BCUT2D eigenvalue weighted by molar-refractivity contribution is 0.208. The van der Waals surface area contributed by atoms with Crippen molar-refractivity contribution in [1.29, 1.82) is 0 Å². The Hall–Kier alpha value is -2.54. The molecule has 8 heteroatoms. The van der Waals surface area contributed by atoms with Crippen molar-refractivity contribution in [3.05, 3.63) is 47.5 Å². The molecule has 0 radical (unpaired) electrons. The molecule has 1 N–H and O–H groups in total. The summed E-state index contributed by atoms with van der Waals surface area (Å²) in [5, 5.41) is 3.30. The quantitative estimate of drug-likeness (QED) is 0.908. The Kier molecular flexibility index (Phi) is 5.23. The van der Waals surface area contributed by atoms with Crippen molar-refractivity contribution < 1.29 is 13.9 Å². The molecule has 6 nitrogen and oxygen atoms in total. The maximum atomic E-state index is 13.5. The molecule has 1 saturated heterocycles. The van der Waals surface area contributed by atoms with Crippen LogP contribution in [0.4, 0.5) is 20.6 Å². The van der Waals surface area contributed by atoms with E-state index in [2.05, 4.69) is 15.2 Å². The summed E-state index contributed by atoms with van der Waals surface area (Å²) in [6.07, 6.45) is 3.30. The van der Waals surface area contributed by atoms with Gasteiger partial charge in [-0.2, -0.15) is 0 Å². The van der Waals surface area contributed by atoms with Crippen molar-refractivity contribution >= 4 is 29.0 Å². The van der Waals surface area contributed by atoms with Crippen LogP contribution in [-0.4, -0.2) is 49.2 Å². The summed E-state index contributed by atoms with van der Waals surface area (Å²) in [5.74, 6) is -0.112. The molecule has 3 rings (SSSR count). The first kappa shape index (κ1) is 17.3. The van der Waals surface area contributed by atoms with Gasteiger partial charge >= 0.3 is 6.03 Å². The number of carbonyl (C=O) groups excluding carboxylic acids is 1. The van der Waals surface area contributed by atoms with Crippen molar-refractivity contribution in [1.82, 2.24) is 9.88 Å². The van der Waals surface area contributed by atoms with E-state index in [1.54, 1.807) is 23.4 Å². The number of halogens is 2. The van der Waals surface area contributed by atoms with E-state index in [9.17, 15) is 9.18 Å². The third-order valence-corrected chi connectivity index (χ3v) is 4.31. The van der Waals surface area contributed by atoms with Crippen LogP contribution in [0.25, 0.3) is 0 Å². The monoisotopic (exact) mass is 364 g/mol. The molecule has 2 aromatic rings. The number of anilines is 2. The number of nitrogens with one attached hydrogen (secondary N) is 1. The minimum atomic E-state index is -0.466. The van der Waals surface area contributed by atoms with Crippen LogP contribution in [0.5, 0.6) is 5.75 Å². The Morgan fingerprint density at radius 2 is 2.04 bits per heavy atom. The second-order valence-electron chi connectivity index (χ2n) is 5.61. The van der Waals surface area contributed by atoms with Crippen LogP contribution in [0, 0.1) is 5.82 Å². The highest BCUT2D eigenvalue weighted by molar-refractivity contribution is 6.33. The van der Waals surface area contributed by atoms with E-state index in [-0.39, 0.29) is 6.03 Å². The largest absolute Gasteiger partial charge is 0.497 e. The number of nitrogens with zero attached hydrogens (tertiary/aromatic N) is 3. The van der Waals surface area contributed by atoms with Gasteiger partial charge in [-0.3, -0.25) is 4.98 Å². The molecule has 0 bridgehead atoms. The van der Waals surface area contributed by atoms with Gasteiger partial charge in [-0.1, -0.05) is 11.6 Å². The summed E-state index contributed by atoms with van der Waals surface area (Å²) in [4.78, 5) is 20.2. The zero-order chi connectivity index (χ0) is 17.8. The Labute approximate surface area is 150 Å². The van der Waals surface area contributed by atoms with Crippen LogP contribution >= 0.6 is 11.6 Å². The molecule has 1 aliphatic heterocycles. The Morgan fingerprint density at radius 3 is 2.72 bits per heavy atom. The second-order valence-corrected chi connectivity index (χ2v) is 6.02. The van der Waals surface area contributed by atoms with Gasteiger partial charge in [-0.05, 0) is 12.1 Å². The number of hydrogen-bond acceptors (Lipinski definition) is 4. The third kappa shape index (κ3) is 4.11. The summed E-state index contributed by atoms with van der Waals surface area (Å²) in [6.45, 7) is 2.39. The minimum absolute atomic E-state index is 0.270. The van der Waals surface area contributed by atoms with Crippen LogP contribution in [0.1, 0.15) is 0 Å². The highest BCUT2D eigenvalue weighted by Crippen LogP contribution is 2.25. The average molecular weight is 365 g/mol. The standard InChI is InChI=1S/C17H18ClFN4O2/c1-25-14-9-12(19)8-13(10-14)21-17(24)23-6-4-22(5-7-23)16-2-3-20-11-15(16)18/h2-3,8-11H,4-7H2,1H3,(H,21,24). The molecule has 0 aliphatic carbocycles. The van der Waals surface area contributed by atoms with Gasteiger partial charge in [0.1, 0.15) is 11.6 Å². The molecule has 25 heavy (non-hydrogen) atoms. The van der Waals surface area contributed by atoms with Crippen LogP contribution < -0.4 is 15.0 Å².